The van der Waals surface area contributed by atoms with Gasteiger partial charge in [0.15, 0.2) is 5.96 Å². The fourth-order valence-electron chi connectivity index (χ4n) is 3.67. The number of nitrogens with zero attached hydrogens (tertiary/aromatic N) is 2. The van der Waals surface area contributed by atoms with Gasteiger partial charge >= 0.3 is 0 Å². The largest absolute Gasteiger partial charge is 0.354 e. The molecule has 1 saturated carbocycles. The van der Waals surface area contributed by atoms with Crippen molar-refractivity contribution in [1.29, 1.82) is 0 Å². The summed E-state index contributed by atoms with van der Waals surface area (Å²) in [4.78, 5) is 18.0. The van der Waals surface area contributed by atoms with E-state index in [0.29, 0.717) is 12.5 Å². The first-order chi connectivity index (χ1) is 12.2. The molecule has 3 rings (SSSR count). The number of guanidine groups is 1. The highest BCUT2D eigenvalue weighted by Gasteiger charge is 2.19. The first-order valence-corrected chi connectivity index (χ1v) is 9.57. The summed E-state index contributed by atoms with van der Waals surface area (Å²) < 4.78 is 0. The van der Waals surface area contributed by atoms with E-state index in [4.69, 9.17) is 0 Å². The van der Waals surface area contributed by atoms with Gasteiger partial charge in [0.1, 0.15) is 0 Å². The molecule has 0 unspecified atom stereocenters. The van der Waals surface area contributed by atoms with Crippen LogP contribution in [0.15, 0.2) is 29.3 Å². The van der Waals surface area contributed by atoms with E-state index in [1.54, 1.807) is 0 Å². The molecule has 1 aliphatic carbocycles. The number of carbonyl (C=O) groups is 1. The molecular weight excluding hydrogens is 312 g/mol. The second-order valence-electron chi connectivity index (χ2n) is 7.14. The number of benzene rings is 1. The number of hydrogen-bond donors (Lipinski definition) is 2. The molecule has 5 heteroatoms. The Morgan fingerprint density at radius 1 is 1.12 bits per heavy atom. The zero-order chi connectivity index (χ0) is 17.5. The van der Waals surface area contributed by atoms with Crippen LogP contribution in [0.2, 0.25) is 0 Å². The van der Waals surface area contributed by atoms with Crippen LogP contribution in [0, 0.1) is 0 Å². The third-order valence-electron chi connectivity index (χ3n) is 5.20. The van der Waals surface area contributed by atoms with E-state index < -0.39 is 0 Å². The van der Waals surface area contributed by atoms with Gasteiger partial charge in [0, 0.05) is 39.1 Å². The van der Waals surface area contributed by atoms with Gasteiger partial charge in [0.05, 0.1) is 0 Å². The Bertz CT molecular complexity index is 590. The van der Waals surface area contributed by atoms with Crippen molar-refractivity contribution in [2.45, 2.75) is 64.1 Å². The van der Waals surface area contributed by atoms with E-state index in [9.17, 15) is 4.79 Å². The van der Waals surface area contributed by atoms with Crippen molar-refractivity contribution in [1.82, 2.24) is 15.5 Å². The topological polar surface area (TPSA) is 56.7 Å². The van der Waals surface area contributed by atoms with Crippen LogP contribution in [0.1, 0.15) is 56.1 Å². The third kappa shape index (κ3) is 5.21. The van der Waals surface area contributed by atoms with Crippen LogP contribution >= 0.6 is 0 Å². The first kappa shape index (κ1) is 17.8. The van der Waals surface area contributed by atoms with E-state index in [0.717, 1.165) is 32.0 Å². The molecule has 1 aliphatic heterocycles. The maximum absolute atomic E-state index is 11.7. The number of amides is 1. The second-order valence-corrected chi connectivity index (χ2v) is 7.14. The molecule has 1 heterocycles. The lowest BCUT2D eigenvalue weighted by molar-refractivity contribution is -0.128. The number of likely N-dealkylation sites (tertiary alicyclic amines) is 1. The maximum Gasteiger partial charge on any atom is 0.222 e. The highest BCUT2D eigenvalue weighted by molar-refractivity contribution is 5.80. The Morgan fingerprint density at radius 2 is 1.84 bits per heavy atom. The third-order valence-corrected chi connectivity index (χ3v) is 5.20. The van der Waals surface area contributed by atoms with Crippen LogP contribution < -0.4 is 10.6 Å². The summed E-state index contributed by atoms with van der Waals surface area (Å²) in [6.45, 7) is 2.39. The fraction of sp³-hybridized carbons (Fsp3) is 0.600. The molecule has 1 saturated heterocycles. The van der Waals surface area contributed by atoms with Crippen LogP contribution in [0.25, 0.3) is 0 Å². The average molecular weight is 342 g/mol. The molecule has 0 spiro atoms. The van der Waals surface area contributed by atoms with Crippen LogP contribution in [-0.4, -0.2) is 36.4 Å². The van der Waals surface area contributed by atoms with Gasteiger partial charge in [-0.2, -0.15) is 0 Å². The molecule has 5 nitrogen and oxygen atoms in total. The minimum absolute atomic E-state index is 0.281. The second kappa shape index (κ2) is 8.88. The Morgan fingerprint density at radius 3 is 2.48 bits per heavy atom. The van der Waals surface area contributed by atoms with Gasteiger partial charge in [-0.15, -0.1) is 0 Å². The molecule has 2 N–H and O–H groups in total. The first-order valence-electron chi connectivity index (χ1n) is 9.57. The van der Waals surface area contributed by atoms with Gasteiger partial charge in [-0.3, -0.25) is 9.79 Å². The molecular formula is C20H30N4O. The predicted molar refractivity (Wildman–Crippen MR) is 101 cm³/mol. The Labute approximate surface area is 150 Å². The number of hydrogen-bond acceptors (Lipinski definition) is 2. The molecule has 25 heavy (non-hydrogen) atoms. The summed E-state index contributed by atoms with van der Waals surface area (Å²) in [7, 11) is 1.83. The smallest absolute Gasteiger partial charge is 0.222 e. The van der Waals surface area contributed by atoms with Gasteiger partial charge in [0.25, 0.3) is 0 Å². The van der Waals surface area contributed by atoms with Crippen molar-refractivity contribution in [3.63, 3.8) is 0 Å². The fourth-order valence-corrected chi connectivity index (χ4v) is 3.67. The van der Waals surface area contributed by atoms with Crippen molar-refractivity contribution in [3.8, 4) is 0 Å². The average Bonchev–Trinajstić information content (AvgIpc) is 3.05. The number of nitrogens with one attached hydrogen (secondary N) is 2. The SMILES string of the molecule is CN=C(NCc1ccc(CN2CCCC2=O)cc1)NC1CCCCC1. The highest BCUT2D eigenvalue weighted by Crippen LogP contribution is 2.17. The summed E-state index contributed by atoms with van der Waals surface area (Å²) in [5.41, 5.74) is 2.42. The van der Waals surface area contributed by atoms with Crippen molar-refractivity contribution >= 4 is 11.9 Å². The van der Waals surface area contributed by atoms with Crippen molar-refractivity contribution in [3.05, 3.63) is 35.4 Å². The van der Waals surface area contributed by atoms with Crippen molar-refractivity contribution in [2.24, 2.45) is 4.99 Å². The van der Waals surface area contributed by atoms with Crippen LogP contribution in [-0.2, 0) is 17.9 Å². The summed E-state index contributed by atoms with van der Waals surface area (Å²) in [5.74, 6) is 1.17. The predicted octanol–water partition coefficient (Wildman–Crippen LogP) is 2.81. The monoisotopic (exact) mass is 342 g/mol. The zero-order valence-electron chi connectivity index (χ0n) is 15.3. The lowest BCUT2D eigenvalue weighted by Gasteiger charge is -2.25. The Balaban J connectivity index is 1.46. The van der Waals surface area contributed by atoms with E-state index in [1.165, 1.54) is 43.2 Å². The number of carbonyl (C=O) groups excluding carboxylic acids is 1. The highest BCUT2D eigenvalue weighted by atomic mass is 16.2. The van der Waals surface area contributed by atoms with Crippen molar-refractivity contribution in [2.75, 3.05) is 13.6 Å². The molecule has 136 valence electrons. The molecule has 1 amide bonds. The number of rotatable bonds is 5. The minimum Gasteiger partial charge on any atom is -0.354 e. The maximum atomic E-state index is 11.7. The van der Waals surface area contributed by atoms with Crippen LogP contribution in [0.3, 0.4) is 0 Å². The summed E-state index contributed by atoms with van der Waals surface area (Å²) in [5, 5.41) is 6.94. The molecule has 0 radical (unpaired) electrons. The van der Waals surface area contributed by atoms with Gasteiger partial charge < -0.3 is 15.5 Å². The van der Waals surface area contributed by atoms with E-state index in [1.807, 2.05) is 11.9 Å². The molecule has 0 bridgehead atoms. The standard InChI is InChI=1S/C20H30N4O/c1-21-20(23-18-6-3-2-4-7-18)22-14-16-9-11-17(12-10-16)15-24-13-5-8-19(24)25/h9-12,18H,2-8,13-15H2,1H3,(H2,21,22,23). The van der Waals surface area contributed by atoms with Crippen LogP contribution in [0.4, 0.5) is 0 Å². The van der Waals surface area contributed by atoms with Crippen molar-refractivity contribution < 1.29 is 4.79 Å². The number of aliphatic imine (C=N–C) groups is 1. The van der Waals surface area contributed by atoms with E-state index >= 15 is 0 Å². The van der Waals surface area contributed by atoms with Gasteiger partial charge in [-0.05, 0) is 30.4 Å². The van der Waals surface area contributed by atoms with Gasteiger partial charge in [0.2, 0.25) is 5.91 Å². The summed E-state index contributed by atoms with van der Waals surface area (Å²) in [6, 6.07) is 9.08. The van der Waals surface area contributed by atoms with E-state index in [-0.39, 0.29) is 5.91 Å². The quantitative estimate of drug-likeness (QED) is 0.639. The molecule has 0 atom stereocenters. The summed E-state index contributed by atoms with van der Waals surface area (Å²) in [6.07, 6.45) is 8.17. The summed E-state index contributed by atoms with van der Waals surface area (Å²) >= 11 is 0. The Kier molecular flexibility index (Phi) is 6.31. The minimum atomic E-state index is 0.281. The molecule has 1 aromatic rings. The van der Waals surface area contributed by atoms with Gasteiger partial charge in [-0.1, -0.05) is 43.5 Å². The lowest BCUT2D eigenvalue weighted by atomic mass is 9.96. The molecule has 0 aromatic heterocycles. The molecule has 2 aliphatic rings. The zero-order valence-corrected chi connectivity index (χ0v) is 15.3. The Hall–Kier alpha value is -2.04. The molecule has 1 aromatic carbocycles. The van der Waals surface area contributed by atoms with E-state index in [2.05, 4.69) is 39.9 Å². The van der Waals surface area contributed by atoms with Gasteiger partial charge in [-0.25, -0.2) is 0 Å². The lowest BCUT2D eigenvalue weighted by Crippen LogP contribution is -2.43. The normalized spacial score (nSPS) is 19.3. The molecule has 2 fully saturated rings. The van der Waals surface area contributed by atoms with Crippen LogP contribution in [0.5, 0.6) is 0 Å².